The molecule has 29 heavy (non-hydrogen) atoms. The Morgan fingerprint density at radius 3 is 1.72 bits per heavy atom. The van der Waals surface area contributed by atoms with Crippen LogP contribution in [0.4, 0.5) is 0 Å². The van der Waals surface area contributed by atoms with Crippen molar-refractivity contribution in [1.29, 1.82) is 0 Å². The van der Waals surface area contributed by atoms with Crippen LogP contribution in [-0.2, 0) is 42.9 Å². The molecule has 0 aromatic carbocycles. The van der Waals surface area contributed by atoms with E-state index in [4.69, 9.17) is 23.7 Å². The maximum atomic E-state index is 11.7. The van der Waals surface area contributed by atoms with Gasteiger partial charge in [-0.05, 0) is 0 Å². The number of esters is 4. The lowest BCUT2D eigenvalue weighted by Crippen LogP contribution is -2.62. The van der Waals surface area contributed by atoms with E-state index in [9.17, 15) is 19.2 Å². The molecule has 0 radical (unpaired) electrons. The van der Waals surface area contributed by atoms with Gasteiger partial charge in [0.15, 0.2) is 24.4 Å². The molecule has 0 aromatic heterocycles. The lowest BCUT2D eigenvalue weighted by molar-refractivity contribution is -0.242. The maximum Gasteiger partial charge on any atom is 0.303 e. The Bertz CT molecular complexity index is 701. The fourth-order valence-corrected chi connectivity index (χ4v) is 3.21. The first kappa shape index (κ1) is 24.7. The highest BCUT2D eigenvalue weighted by molar-refractivity contribution is 6.83. The van der Waals surface area contributed by atoms with Crippen molar-refractivity contribution in [2.24, 2.45) is 0 Å². The number of carbonyl (C=O) groups excluding carboxylic acids is 4. The van der Waals surface area contributed by atoms with Gasteiger partial charge < -0.3 is 23.7 Å². The van der Waals surface area contributed by atoms with Crippen molar-refractivity contribution in [3.05, 3.63) is 0 Å². The number of hydrogen-bond acceptors (Lipinski definition) is 9. The van der Waals surface area contributed by atoms with Crippen LogP contribution in [0.5, 0.6) is 0 Å². The molecule has 0 N–H and O–H groups in total. The van der Waals surface area contributed by atoms with Crippen molar-refractivity contribution >= 4 is 32.0 Å². The van der Waals surface area contributed by atoms with E-state index >= 15 is 0 Å². The molecule has 0 saturated carbocycles. The van der Waals surface area contributed by atoms with Crippen molar-refractivity contribution in [2.75, 3.05) is 6.61 Å². The monoisotopic (exact) mass is 428 g/mol. The summed E-state index contributed by atoms with van der Waals surface area (Å²) in [5.41, 5.74) is 3.13. The van der Waals surface area contributed by atoms with Gasteiger partial charge in [0.05, 0.1) is 0 Å². The number of hydrogen-bond donors (Lipinski definition) is 0. The van der Waals surface area contributed by atoms with Crippen molar-refractivity contribution in [3.63, 3.8) is 0 Å². The predicted octanol–water partition coefficient (Wildman–Crippen LogP) is 0.993. The third-order valence-corrected chi connectivity index (χ3v) is 4.47. The van der Waals surface area contributed by atoms with Gasteiger partial charge >= 0.3 is 23.9 Å². The third kappa shape index (κ3) is 8.66. The van der Waals surface area contributed by atoms with E-state index in [1.165, 1.54) is 27.7 Å². The molecule has 9 nitrogen and oxygen atoms in total. The molecule has 0 unspecified atom stereocenters. The molecule has 1 saturated heterocycles. The Balaban J connectivity index is 3.41. The highest BCUT2D eigenvalue weighted by Crippen LogP contribution is 2.29. The molecular formula is C19H28O9Si. The van der Waals surface area contributed by atoms with E-state index in [1.807, 2.05) is 19.6 Å². The molecular weight excluding hydrogens is 400 g/mol. The highest BCUT2D eigenvalue weighted by atomic mass is 28.3. The first-order valence-corrected chi connectivity index (χ1v) is 12.6. The smallest absolute Gasteiger partial charge is 0.303 e. The SMILES string of the molecule is CC(=O)OC[C@H]1O[C@H](C#C[Si](C)(C)C)[C@@H](OC(C)=O)[C@@H](OC(C)=O)[C@@H]1OC(C)=O. The van der Waals surface area contributed by atoms with Gasteiger partial charge in [0.1, 0.15) is 20.8 Å². The molecule has 1 fully saturated rings. The Morgan fingerprint density at radius 2 is 1.28 bits per heavy atom. The van der Waals surface area contributed by atoms with Crippen molar-refractivity contribution < 1.29 is 42.9 Å². The van der Waals surface area contributed by atoms with Gasteiger partial charge in [0, 0.05) is 27.7 Å². The maximum absolute atomic E-state index is 11.7. The Hall–Kier alpha value is -2.38. The lowest BCUT2D eigenvalue weighted by atomic mass is 9.94. The normalized spacial score (nSPS) is 26.4. The number of ether oxygens (including phenoxy) is 5. The molecule has 5 atom stereocenters. The average molecular weight is 429 g/mol. The van der Waals surface area contributed by atoms with E-state index < -0.39 is 62.5 Å². The van der Waals surface area contributed by atoms with Gasteiger partial charge in [0.2, 0.25) is 0 Å². The van der Waals surface area contributed by atoms with Gasteiger partial charge in [-0.2, -0.15) is 0 Å². The molecule has 0 aromatic rings. The van der Waals surface area contributed by atoms with E-state index in [-0.39, 0.29) is 6.61 Å². The van der Waals surface area contributed by atoms with Crippen LogP contribution in [-0.4, -0.2) is 69.1 Å². The average Bonchev–Trinajstić information content (AvgIpc) is 2.53. The van der Waals surface area contributed by atoms with Crippen LogP contribution in [0.3, 0.4) is 0 Å². The van der Waals surface area contributed by atoms with Crippen LogP contribution in [0.1, 0.15) is 27.7 Å². The molecule has 0 spiro atoms. The van der Waals surface area contributed by atoms with Crippen LogP contribution >= 0.6 is 0 Å². The summed E-state index contributed by atoms with van der Waals surface area (Å²) in [6.45, 7) is 10.6. The molecule has 0 amide bonds. The number of carbonyl (C=O) groups is 4. The summed E-state index contributed by atoms with van der Waals surface area (Å²) in [6, 6.07) is 0. The van der Waals surface area contributed by atoms with Crippen molar-refractivity contribution in [1.82, 2.24) is 0 Å². The molecule has 162 valence electrons. The minimum atomic E-state index is -1.83. The van der Waals surface area contributed by atoms with Gasteiger partial charge in [-0.15, -0.1) is 5.54 Å². The summed E-state index contributed by atoms with van der Waals surface area (Å²) in [4.78, 5) is 46.3. The first-order valence-electron chi connectivity index (χ1n) is 9.13. The Labute approximate surface area is 171 Å². The highest BCUT2D eigenvalue weighted by Gasteiger charge is 2.51. The summed E-state index contributed by atoms with van der Waals surface area (Å²) in [5, 5.41) is 0. The summed E-state index contributed by atoms with van der Waals surface area (Å²) >= 11 is 0. The summed E-state index contributed by atoms with van der Waals surface area (Å²) < 4.78 is 26.9. The molecule has 0 aliphatic carbocycles. The van der Waals surface area contributed by atoms with E-state index in [2.05, 4.69) is 11.5 Å². The fraction of sp³-hybridized carbons (Fsp3) is 0.684. The zero-order valence-electron chi connectivity index (χ0n) is 17.8. The first-order chi connectivity index (χ1) is 13.3. The predicted molar refractivity (Wildman–Crippen MR) is 103 cm³/mol. The fourth-order valence-electron chi connectivity index (χ4n) is 2.63. The quantitative estimate of drug-likeness (QED) is 0.274. The minimum Gasteiger partial charge on any atom is -0.463 e. The van der Waals surface area contributed by atoms with Crippen molar-refractivity contribution in [2.45, 2.75) is 77.9 Å². The van der Waals surface area contributed by atoms with Crippen molar-refractivity contribution in [3.8, 4) is 11.5 Å². The molecule has 0 bridgehead atoms. The zero-order chi connectivity index (χ0) is 22.4. The van der Waals surface area contributed by atoms with Crippen LogP contribution in [0.15, 0.2) is 0 Å². The third-order valence-electron chi connectivity index (χ3n) is 3.58. The van der Waals surface area contributed by atoms with Crippen LogP contribution in [0.25, 0.3) is 0 Å². The topological polar surface area (TPSA) is 114 Å². The largest absolute Gasteiger partial charge is 0.463 e. The molecule has 1 rings (SSSR count). The standard InChI is InChI=1S/C19H28O9Si/c1-11(20)24-10-16-18(26-13(3)22)19(27-14(4)23)17(25-12(2)21)15(28-16)8-9-29(5,6)7/h15-19H,10H2,1-7H3/t15-,16-,17-,18-,19-/m1/s1. The molecule has 1 heterocycles. The Morgan fingerprint density at radius 1 is 0.793 bits per heavy atom. The second-order valence-corrected chi connectivity index (χ2v) is 12.4. The second kappa shape index (κ2) is 10.4. The van der Waals surface area contributed by atoms with Gasteiger partial charge in [0.25, 0.3) is 0 Å². The van der Waals surface area contributed by atoms with Crippen LogP contribution < -0.4 is 0 Å². The van der Waals surface area contributed by atoms with Crippen LogP contribution in [0, 0.1) is 11.5 Å². The van der Waals surface area contributed by atoms with Gasteiger partial charge in [-0.3, -0.25) is 19.2 Å². The van der Waals surface area contributed by atoms with E-state index in [0.717, 1.165) is 0 Å². The van der Waals surface area contributed by atoms with Gasteiger partial charge in [-0.25, -0.2) is 0 Å². The minimum absolute atomic E-state index is 0.261. The summed E-state index contributed by atoms with van der Waals surface area (Å²) in [5.74, 6) is 0.403. The van der Waals surface area contributed by atoms with E-state index in [1.54, 1.807) is 0 Å². The van der Waals surface area contributed by atoms with Crippen LogP contribution in [0.2, 0.25) is 19.6 Å². The molecule has 1 aliphatic rings. The number of rotatable bonds is 5. The molecule has 10 heteroatoms. The molecule has 1 aliphatic heterocycles. The summed E-state index contributed by atoms with van der Waals surface area (Å²) in [7, 11) is -1.83. The lowest BCUT2D eigenvalue weighted by Gasteiger charge is -2.43. The second-order valence-electron chi connectivity index (χ2n) is 7.64. The van der Waals surface area contributed by atoms with E-state index in [0.29, 0.717) is 0 Å². The summed E-state index contributed by atoms with van der Waals surface area (Å²) in [6.07, 6.45) is -5.42. The Kier molecular flexibility index (Phi) is 8.85. The van der Waals surface area contributed by atoms with Gasteiger partial charge in [-0.1, -0.05) is 25.6 Å². The zero-order valence-corrected chi connectivity index (χ0v) is 18.8.